The second-order valence-corrected chi connectivity index (χ2v) is 5.18. The van der Waals surface area contributed by atoms with Crippen molar-refractivity contribution in [3.8, 4) is 5.75 Å². The first-order valence-electron chi connectivity index (χ1n) is 6.42. The summed E-state index contributed by atoms with van der Waals surface area (Å²) in [4.78, 5) is 27.4. The summed E-state index contributed by atoms with van der Waals surface area (Å²) in [5, 5.41) is 23.3. The van der Waals surface area contributed by atoms with Crippen LogP contribution in [-0.2, 0) is 9.59 Å². The molecule has 0 aromatic carbocycles. The summed E-state index contributed by atoms with van der Waals surface area (Å²) in [5.41, 5.74) is 0. The zero-order valence-corrected chi connectivity index (χ0v) is 10.5. The van der Waals surface area contributed by atoms with E-state index >= 15 is 0 Å². The van der Waals surface area contributed by atoms with Crippen molar-refractivity contribution in [2.75, 3.05) is 5.32 Å². The number of carbonyl (C=O) groups excluding carboxylic acids is 2. The molecule has 0 saturated heterocycles. The molecule has 4 unspecified atom stereocenters. The smallest absolute Gasteiger partial charge is 0.230 e. The van der Waals surface area contributed by atoms with Crippen molar-refractivity contribution >= 4 is 17.7 Å². The van der Waals surface area contributed by atoms with Crippen LogP contribution in [0.2, 0.25) is 0 Å². The Hall–Kier alpha value is -2.37. The molecule has 1 aromatic rings. The van der Waals surface area contributed by atoms with Gasteiger partial charge in [-0.15, -0.1) is 0 Å². The first kappa shape index (κ1) is 12.7. The molecule has 1 saturated carbocycles. The Morgan fingerprint density at radius 1 is 1.30 bits per heavy atom. The minimum atomic E-state index is -1.20. The number of carbonyl (C=O) groups is 2. The Kier molecular flexibility index (Phi) is 2.93. The van der Waals surface area contributed by atoms with E-state index in [0.717, 1.165) is 0 Å². The van der Waals surface area contributed by atoms with Gasteiger partial charge < -0.3 is 20.3 Å². The normalized spacial score (nSPS) is 30.4. The van der Waals surface area contributed by atoms with Crippen molar-refractivity contribution in [2.24, 2.45) is 23.7 Å². The number of nitrogens with one attached hydrogen (secondary N) is 1. The molecule has 1 amide bonds. The van der Waals surface area contributed by atoms with Crippen LogP contribution >= 0.6 is 0 Å². The summed E-state index contributed by atoms with van der Waals surface area (Å²) in [5.74, 6) is -3.46. The van der Waals surface area contributed by atoms with E-state index in [1.54, 1.807) is 0 Å². The van der Waals surface area contributed by atoms with E-state index in [-0.39, 0.29) is 23.4 Å². The molecule has 1 fully saturated rings. The third-order valence-electron chi connectivity index (χ3n) is 4.06. The number of pyridine rings is 1. The average Bonchev–Trinajstić information content (AvgIpc) is 3.01. The molecular formula is C14H13N2O4-. The van der Waals surface area contributed by atoms with Gasteiger partial charge in [0.2, 0.25) is 5.91 Å². The minimum Gasteiger partial charge on any atom is -0.550 e. The van der Waals surface area contributed by atoms with Crippen molar-refractivity contribution < 1.29 is 19.8 Å². The predicted octanol–water partition coefficient (Wildman–Crippen LogP) is -0.0861. The highest BCUT2D eigenvalue weighted by molar-refractivity contribution is 5.96. The summed E-state index contributed by atoms with van der Waals surface area (Å²) in [6.07, 6.45) is 5.82. The number of carboxylic acid groups (broad SMARTS) is 1. The maximum atomic E-state index is 12.3. The number of rotatable bonds is 3. The molecule has 2 bridgehead atoms. The van der Waals surface area contributed by atoms with Gasteiger partial charge in [-0.1, -0.05) is 12.2 Å². The number of anilines is 1. The third-order valence-corrected chi connectivity index (χ3v) is 4.06. The Bertz CT molecular complexity index is 599. The highest BCUT2D eigenvalue weighted by Gasteiger charge is 2.48. The number of hydrogen-bond donors (Lipinski definition) is 2. The van der Waals surface area contributed by atoms with Crippen LogP contribution in [0.4, 0.5) is 5.82 Å². The number of aromatic nitrogens is 1. The molecule has 2 N–H and O–H groups in total. The van der Waals surface area contributed by atoms with Gasteiger partial charge in [0.25, 0.3) is 0 Å². The molecule has 2 aliphatic rings. The fourth-order valence-corrected chi connectivity index (χ4v) is 3.19. The molecule has 0 spiro atoms. The average molecular weight is 273 g/mol. The summed E-state index contributed by atoms with van der Waals surface area (Å²) in [7, 11) is 0. The number of amides is 1. The second-order valence-electron chi connectivity index (χ2n) is 5.18. The van der Waals surface area contributed by atoms with Gasteiger partial charge in [0.15, 0.2) is 11.6 Å². The quantitative estimate of drug-likeness (QED) is 0.749. The number of aliphatic carboxylic acids is 1. The lowest BCUT2D eigenvalue weighted by Gasteiger charge is -2.27. The molecule has 6 heteroatoms. The van der Waals surface area contributed by atoms with Gasteiger partial charge in [-0.25, -0.2) is 4.98 Å². The number of allylic oxidation sites excluding steroid dienone is 2. The molecule has 6 nitrogen and oxygen atoms in total. The molecular weight excluding hydrogens is 260 g/mol. The fourth-order valence-electron chi connectivity index (χ4n) is 3.19. The predicted molar refractivity (Wildman–Crippen MR) is 67.3 cm³/mol. The van der Waals surface area contributed by atoms with Crippen LogP contribution in [-0.4, -0.2) is 22.0 Å². The van der Waals surface area contributed by atoms with E-state index in [1.165, 1.54) is 18.3 Å². The molecule has 1 aromatic heterocycles. The van der Waals surface area contributed by atoms with Crippen LogP contribution in [0.25, 0.3) is 0 Å². The van der Waals surface area contributed by atoms with Crippen LogP contribution in [0.5, 0.6) is 5.75 Å². The van der Waals surface area contributed by atoms with E-state index in [0.29, 0.717) is 6.42 Å². The Morgan fingerprint density at radius 2 is 2.00 bits per heavy atom. The lowest BCUT2D eigenvalue weighted by atomic mass is 9.82. The van der Waals surface area contributed by atoms with Crippen LogP contribution < -0.4 is 10.4 Å². The van der Waals surface area contributed by atoms with Crippen LogP contribution in [0, 0.1) is 23.7 Å². The van der Waals surface area contributed by atoms with Gasteiger partial charge in [-0.3, -0.25) is 4.79 Å². The minimum absolute atomic E-state index is 0.0429. The standard InChI is InChI=1S/C14H14N2O4/c17-9-2-1-5-15-12(9)16-13(18)10-7-3-4-8(6-7)11(10)14(19)20/h1-5,7-8,10-11,17H,6H2,(H,19,20)(H,15,16,18)/p-1. The number of nitrogens with zero attached hydrogens (tertiary/aromatic N) is 1. The van der Waals surface area contributed by atoms with Crippen molar-refractivity contribution in [3.05, 3.63) is 30.5 Å². The summed E-state index contributed by atoms with van der Waals surface area (Å²) in [6.45, 7) is 0. The first-order valence-corrected chi connectivity index (χ1v) is 6.42. The van der Waals surface area contributed by atoms with E-state index < -0.39 is 23.7 Å². The van der Waals surface area contributed by atoms with Crippen LogP contribution in [0.15, 0.2) is 30.5 Å². The highest BCUT2D eigenvalue weighted by atomic mass is 16.4. The summed E-state index contributed by atoms with van der Waals surface area (Å²) in [6, 6.07) is 2.94. The lowest BCUT2D eigenvalue weighted by Crippen LogP contribution is -2.43. The first-order chi connectivity index (χ1) is 9.58. The summed E-state index contributed by atoms with van der Waals surface area (Å²) >= 11 is 0. The van der Waals surface area contributed by atoms with Gasteiger partial charge in [0, 0.05) is 18.1 Å². The zero-order valence-electron chi connectivity index (χ0n) is 10.5. The molecule has 0 aliphatic heterocycles. The molecule has 3 rings (SSSR count). The number of aromatic hydroxyl groups is 1. The number of carboxylic acids is 1. The maximum Gasteiger partial charge on any atom is 0.230 e. The van der Waals surface area contributed by atoms with Gasteiger partial charge in [0.1, 0.15) is 0 Å². The van der Waals surface area contributed by atoms with Crippen molar-refractivity contribution in [2.45, 2.75) is 6.42 Å². The van der Waals surface area contributed by atoms with E-state index in [1.807, 2.05) is 12.2 Å². The topological polar surface area (TPSA) is 102 Å². The van der Waals surface area contributed by atoms with Gasteiger partial charge in [-0.05, 0) is 30.4 Å². The lowest BCUT2D eigenvalue weighted by molar-refractivity contribution is -0.313. The van der Waals surface area contributed by atoms with E-state index in [4.69, 9.17) is 0 Å². The molecule has 20 heavy (non-hydrogen) atoms. The zero-order chi connectivity index (χ0) is 14.3. The SMILES string of the molecule is O=C([O-])C1C2C=CC(C2)C1C(=O)Nc1ncccc1O. The van der Waals surface area contributed by atoms with Crippen LogP contribution in [0.1, 0.15) is 6.42 Å². The van der Waals surface area contributed by atoms with E-state index in [9.17, 15) is 19.8 Å². The Morgan fingerprint density at radius 3 is 2.65 bits per heavy atom. The van der Waals surface area contributed by atoms with Gasteiger partial charge >= 0.3 is 0 Å². The molecule has 1 heterocycles. The number of fused-ring (bicyclic) bond motifs is 2. The Balaban J connectivity index is 1.82. The van der Waals surface area contributed by atoms with Crippen molar-refractivity contribution in [3.63, 3.8) is 0 Å². The largest absolute Gasteiger partial charge is 0.550 e. The molecule has 4 atom stereocenters. The summed E-state index contributed by atoms with van der Waals surface area (Å²) < 4.78 is 0. The molecule has 104 valence electrons. The molecule has 0 radical (unpaired) electrons. The fraction of sp³-hybridized carbons (Fsp3) is 0.357. The number of hydrogen-bond acceptors (Lipinski definition) is 5. The van der Waals surface area contributed by atoms with Crippen molar-refractivity contribution in [1.29, 1.82) is 0 Å². The van der Waals surface area contributed by atoms with E-state index in [2.05, 4.69) is 10.3 Å². The third kappa shape index (κ3) is 1.93. The van der Waals surface area contributed by atoms with Crippen molar-refractivity contribution in [1.82, 2.24) is 4.98 Å². The maximum absolute atomic E-state index is 12.3. The Labute approximate surface area is 115 Å². The highest BCUT2D eigenvalue weighted by Crippen LogP contribution is 2.48. The van der Waals surface area contributed by atoms with Gasteiger partial charge in [-0.2, -0.15) is 0 Å². The monoisotopic (exact) mass is 273 g/mol. The van der Waals surface area contributed by atoms with Crippen LogP contribution in [0.3, 0.4) is 0 Å². The van der Waals surface area contributed by atoms with Gasteiger partial charge in [0.05, 0.1) is 5.92 Å². The molecule has 2 aliphatic carbocycles. The second kappa shape index (κ2) is 4.63.